The average Bonchev–Trinajstić information content (AvgIpc) is 3.21. The van der Waals surface area contributed by atoms with E-state index < -0.39 is 0 Å². The first kappa shape index (κ1) is 18.7. The molecule has 0 radical (unpaired) electrons. The monoisotopic (exact) mass is 385 g/mol. The Labute approximate surface area is 169 Å². The second-order valence-corrected chi connectivity index (χ2v) is 6.75. The van der Waals surface area contributed by atoms with E-state index in [-0.39, 0.29) is 5.91 Å². The molecule has 2 heterocycles. The molecule has 2 aromatic carbocycles. The van der Waals surface area contributed by atoms with Crippen molar-refractivity contribution in [2.75, 3.05) is 18.0 Å². The van der Waals surface area contributed by atoms with Crippen LogP contribution in [0.1, 0.15) is 12.5 Å². The fourth-order valence-electron chi connectivity index (χ4n) is 3.26. The molecule has 2 aromatic heterocycles. The number of nitrogens with zero attached hydrogens (tertiary/aromatic N) is 4. The Balaban J connectivity index is 1.37. The average molecular weight is 385 g/mol. The van der Waals surface area contributed by atoms with Gasteiger partial charge in [-0.2, -0.15) is 0 Å². The normalized spacial score (nSPS) is 10.8. The SMILES string of the molecule is CCN(CC(=O)NCc1ccc(-n2cnc3ccccc32)nc1)c1ccccc1. The fourth-order valence-corrected chi connectivity index (χ4v) is 3.26. The van der Waals surface area contributed by atoms with Gasteiger partial charge < -0.3 is 10.2 Å². The number of benzene rings is 2. The van der Waals surface area contributed by atoms with E-state index in [1.807, 2.05) is 83.1 Å². The largest absolute Gasteiger partial charge is 0.363 e. The molecule has 0 saturated carbocycles. The summed E-state index contributed by atoms with van der Waals surface area (Å²) in [6, 6.07) is 21.8. The second kappa shape index (κ2) is 8.56. The van der Waals surface area contributed by atoms with Crippen molar-refractivity contribution in [2.24, 2.45) is 0 Å². The maximum Gasteiger partial charge on any atom is 0.239 e. The van der Waals surface area contributed by atoms with Gasteiger partial charge in [-0.1, -0.05) is 36.4 Å². The third kappa shape index (κ3) is 4.27. The van der Waals surface area contributed by atoms with E-state index in [9.17, 15) is 4.79 Å². The van der Waals surface area contributed by atoms with Gasteiger partial charge in [-0.15, -0.1) is 0 Å². The molecular formula is C23H23N5O. The number of aromatic nitrogens is 3. The lowest BCUT2D eigenvalue weighted by atomic mass is 10.2. The van der Waals surface area contributed by atoms with Crippen LogP contribution in [0.3, 0.4) is 0 Å². The first-order valence-corrected chi connectivity index (χ1v) is 9.68. The zero-order valence-electron chi connectivity index (χ0n) is 16.3. The number of rotatable bonds is 7. The molecule has 6 heteroatoms. The van der Waals surface area contributed by atoms with E-state index in [1.54, 1.807) is 12.5 Å². The summed E-state index contributed by atoms with van der Waals surface area (Å²) >= 11 is 0. The minimum absolute atomic E-state index is 0.0135. The summed E-state index contributed by atoms with van der Waals surface area (Å²) in [6.07, 6.45) is 3.57. The van der Waals surface area contributed by atoms with Crippen LogP contribution in [0.5, 0.6) is 0 Å². The highest BCUT2D eigenvalue weighted by atomic mass is 16.2. The Morgan fingerprint density at radius 3 is 2.55 bits per heavy atom. The maximum atomic E-state index is 12.4. The highest BCUT2D eigenvalue weighted by Gasteiger charge is 2.10. The molecule has 29 heavy (non-hydrogen) atoms. The first-order chi connectivity index (χ1) is 14.2. The van der Waals surface area contributed by atoms with Gasteiger partial charge in [-0.25, -0.2) is 9.97 Å². The molecule has 4 aromatic rings. The van der Waals surface area contributed by atoms with E-state index in [0.717, 1.165) is 34.6 Å². The van der Waals surface area contributed by atoms with E-state index in [4.69, 9.17) is 0 Å². The van der Waals surface area contributed by atoms with Crippen LogP contribution in [-0.4, -0.2) is 33.5 Å². The summed E-state index contributed by atoms with van der Waals surface area (Å²) in [5.74, 6) is 0.787. The van der Waals surface area contributed by atoms with Gasteiger partial charge in [0.15, 0.2) is 0 Å². The lowest BCUT2D eigenvalue weighted by Crippen LogP contribution is -2.36. The lowest BCUT2D eigenvalue weighted by Gasteiger charge is -2.22. The number of amides is 1. The molecule has 0 aliphatic carbocycles. The van der Waals surface area contributed by atoms with Crippen molar-refractivity contribution in [1.29, 1.82) is 0 Å². The van der Waals surface area contributed by atoms with Crippen molar-refractivity contribution in [3.63, 3.8) is 0 Å². The fraction of sp³-hybridized carbons (Fsp3) is 0.174. The number of carbonyl (C=O) groups is 1. The summed E-state index contributed by atoms with van der Waals surface area (Å²) in [5, 5.41) is 2.98. The predicted molar refractivity (Wildman–Crippen MR) is 115 cm³/mol. The number of nitrogens with one attached hydrogen (secondary N) is 1. The number of carbonyl (C=O) groups excluding carboxylic acids is 1. The zero-order valence-corrected chi connectivity index (χ0v) is 16.3. The number of hydrogen-bond acceptors (Lipinski definition) is 4. The Morgan fingerprint density at radius 1 is 1.00 bits per heavy atom. The molecule has 1 amide bonds. The van der Waals surface area contributed by atoms with Crippen LogP contribution < -0.4 is 10.2 Å². The Bertz CT molecular complexity index is 1090. The summed E-state index contributed by atoms with van der Waals surface area (Å²) in [6.45, 7) is 3.59. The van der Waals surface area contributed by atoms with E-state index in [1.165, 1.54) is 0 Å². The van der Waals surface area contributed by atoms with Crippen LogP contribution in [-0.2, 0) is 11.3 Å². The number of likely N-dealkylation sites (N-methyl/N-ethyl adjacent to an activating group) is 1. The van der Waals surface area contributed by atoms with Crippen molar-refractivity contribution < 1.29 is 4.79 Å². The minimum Gasteiger partial charge on any atom is -0.363 e. The van der Waals surface area contributed by atoms with Gasteiger partial charge in [0.1, 0.15) is 12.1 Å². The number of pyridine rings is 1. The van der Waals surface area contributed by atoms with Gasteiger partial charge in [0.2, 0.25) is 5.91 Å². The van der Waals surface area contributed by atoms with Crippen molar-refractivity contribution in [3.05, 3.63) is 84.8 Å². The van der Waals surface area contributed by atoms with Gasteiger partial charge >= 0.3 is 0 Å². The molecule has 0 atom stereocenters. The van der Waals surface area contributed by atoms with E-state index in [2.05, 4.69) is 15.3 Å². The van der Waals surface area contributed by atoms with Crippen molar-refractivity contribution in [3.8, 4) is 5.82 Å². The van der Waals surface area contributed by atoms with Crippen LogP contribution in [0, 0.1) is 0 Å². The summed E-state index contributed by atoms with van der Waals surface area (Å²) < 4.78 is 1.96. The smallest absolute Gasteiger partial charge is 0.239 e. The van der Waals surface area contributed by atoms with Gasteiger partial charge in [-0.3, -0.25) is 9.36 Å². The third-order valence-electron chi connectivity index (χ3n) is 4.84. The molecule has 0 unspecified atom stereocenters. The Kier molecular flexibility index (Phi) is 5.52. The molecule has 6 nitrogen and oxygen atoms in total. The van der Waals surface area contributed by atoms with Crippen LogP contribution in [0.15, 0.2) is 79.3 Å². The standard InChI is InChI=1S/C23H23N5O/c1-2-27(19-8-4-3-5-9-19)16-23(29)25-15-18-12-13-22(24-14-18)28-17-26-20-10-6-7-11-21(20)28/h3-14,17H,2,15-16H2,1H3,(H,25,29). The van der Waals surface area contributed by atoms with Gasteiger partial charge in [0, 0.05) is 25.0 Å². The molecule has 0 bridgehead atoms. The van der Waals surface area contributed by atoms with Crippen LogP contribution in [0.4, 0.5) is 5.69 Å². The maximum absolute atomic E-state index is 12.4. The van der Waals surface area contributed by atoms with E-state index in [0.29, 0.717) is 13.1 Å². The van der Waals surface area contributed by atoms with Gasteiger partial charge in [0.05, 0.1) is 17.6 Å². The predicted octanol–water partition coefficient (Wildman–Crippen LogP) is 3.56. The lowest BCUT2D eigenvalue weighted by molar-refractivity contribution is -0.119. The molecule has 4 rings (SSSR count). The highest BCUT2D eigenvalue weighted by molar-refractivity contribution is 5.81. The quantitative estimate of drug-likeness (QED) is 0.528. The van der Waals surface area contributed by atoms with Gasteiger partial charge in [-0.05, 0) is 42.8 Å². The number of imidazole rings is 1. The second-order valence-electron chi connectivity index (χ2n) is 6.75. The number of para-hydroxylation sites is 3. The summed E-state index contributed by atoms with van der Waals surface area (Å²) in [7, 11) is 0. The molecule has 0 aliphatic heterocycles. The minimum atomic E-state index is -0.0135. The van der Waals surface area contributed by atoms with Crippen LogP contribution in [0.25, 0.3) is 16.9 Å². The zero-order chi connectivity index (χ0) is 20.1. The van der Waals surface area contributed by atoms with Crippen LogP contribution in [0.2, 0.25) is 0 Å². The molecule has 0 fully saturated rings. The number of hydrogen-bond donors (Lipinski definition) is 1. The van der Waals surface area contributed by atoms with Crippen molar-refractivity contribution in [1.82, 2.24) is 19.9 Å². The van der Waals surface area contributed by atoms with E-state index >= 15 is 0 Å². The Hall–Kier alpha value is -3.67. The molecule has 0 spiro atoms. The van der Waals surface area contributed by atoms with Crippen molar-refractivity contribution >= 4 is 22.6 Å². The van der Waals surface area contributed by atoms with Crippen LogP contribution >= 0.6 is 0 Å². The summed E-state index contributed by atoms with van der Waals surface area (Å²) in [5.41, 5.74) is 3.95. The number of anilines is 1. The molecule has 0 aliphatic rings. The molecule has 0 saturated heterocycles. The Morgan fingerprint density at radius 2 is 1.79 bits per heavy atom. The summed E-state index contributed by atoms with van der Waals surface area (Å²) in [4.78, 5) is 23.4. The van der Waals surface area contributed by atoms with Gasteiger partial charge in [0.25, 0.3) is 0 Å². The molecule has 146 valence electrons. The third-order valence-corrected chi connectivity index (χ3v) is 4.84. The molecular weight excluding hydrogens is 362 g/mol. The molecule has 1 N–H and O–H groups in total. The topological polar surface area (TPSA) is 63.1 Å². The number of fused-ring (bicyclic) bond motifs is 1. The first-order valence-electron chi connectivity index (χ1n) is 9.68. The highest BCUT2D eigenvalue weighted by Crippen LogP contribution is 2.16. The van der Waals surface area contributed by atoms with Crippen molar-refractivity contribution in [2.45, 2.75) is 13.5 Å².